The Morgan fingerprint density at radius 2 is 1.86 bits per heavy atom. The minimum Gasteiger partial charge on any atom is -0.468 e. The van der Waals surface area contributed by atoms with Gasteiger partial charge in [-0.2, -0.15) is 17.9 Å². The van der Waals surface area contributed by atoms with Crippen molar-refractivity contribution < 1.29 is 31.1 Å². The van der Waals surface area contributed by atoms with Crippen molar-refractivity contribution in [2.45, 2.75) is 18.5 Å². The minimum absolute atomic E-state index is 0.931. The van der Waals surface area contributed by atoms with Gasteiger partial charge >= 0.3 is 21.5 Å². The van der Waals surface area contributed by atoms with E-state index in [1.54, 1.807) is 0 Å². The van der Waals surface area contributed by atoms with E-state index in [2.05, 4.69) is 4.74 Å². The number of halogens is 3. The highest BCUT2D eigenvalue weighted by molar-refractivity contribution is 7.90. The van der Waals surface area contributed by atoms with Gasteiger partial charge in [0.15, 0.2) is 0 Å². The lowest BCUT2D eigenvalue weighted by Gasteiger charge is -2.13. The summed E-state index contributed by atoms with van der Waals surface area (Å²) < 4.78 is 61.3. The van der Waals surface area contributed by atoms with Crippen LogP contribution in [0.15, 0.2) is 0 Å². The minimum atomic E-state index is -5.50. The average molecular weight is 235 g/mol. The molecule has 0 aromatic rings. The molecule has 0 saturated carbocycles. The van der Waals surface area contributed by atoms with Gasteiger partial charge in [-0.25, -0.2) is 8.42 Å². The first kappa shape index (κ1) is 13.2. The Balaban J connectivity index is 4.63. The summed E-state index contributed by atoms with van der Waals surface area (Å²) in [5, 5.41) is 0. The van der Waals surface area contributed by atoms with Gasteiger partial charge < -0.3 is 4.74 Å². The van der Waals surface area contributed by atoms with E-state index < -0.39 is 27.5 Å². The van der Waals surface area contributed by atoms with Crippen LogP contribution >= 0.6 is 0 Å². The number of carbonyl (C=O) groups is 1. The van der Waals surface area contributed by atoms with E-state index in [1.807, 2.05) is 0 Å². The molecule has 0 saturated heterocycles. The molecule has 0 spiro atoms. The summed E-state index contributed by atoms with van der Waals surface area (Å²) in [6.45, 7) is 0.940. The molecule has 0 aromatic heterocycles. The largest absolute Gasteiger partial charge is 0.511 e. The number of sulfonamides is 1. The van der Waals surface area contributed by atoms with Gasteiger partial charge in [-0.3, -0.25) is 4.79 Å². The third-order valence-corrected chi connectivity index (χ3v) is 2.46. The summed E-state index contributed by atoms with van der Waals surface area (Å²) in [6, 6.07) is -1.58. The number of methoxy groups -OCH3 is 1. The molecule has 0 amide bonds. The molecule has 5 nitrogen and oxygen atoms in total. The second kappa shape index (κ2) is 4.13. The van der Waals surface area contributed by atoms with Gasteiger partial charge in [0.25, 0.3) is 0 Å². The zero-order valence-corrected chi connectivity index (χ0v) is 8.07. The number of ether oxygens (including phenoxy) is 1. The van der Waals surface area contributed by atoms with Crippen LogP contribution in [0.1, 0.15) is 6.92 Å². The van der Waals surface area contributed by atoms with Crippen molar-refractivity contribution in [3.63, 3.8) is 0 Å². The van der Waals surface area contributed by atoms with Crippen LogP contribution in [0.25, 0.3) is 0 Å². The molecular weight excluding hydrogens is 227 g/mol. The topological polar surface area (TPSA) is 72.5 Å². The zero-order chi connectivity index (χ0) is 11.6. The first-order chi connectivity index (χ1) is 6.12. The molecular formula is C5H8F3NO4S. The molecule has 9 heteroatoms. The molecule has 1 atom stereocenters. The van der Waals surface area contributed by atoms with E-state index in [9.17, 15) is 26.4 Å². The number of alkyl halides is 3. The lowest BCUT2D eigenvalue weighted by molar-refractivity contribution is -0.142. The van der Waals surface area contributed by atoms with Gasteiger partial charge in [0, 0.05) is 0 Å². The lowest BCUT2D eigenvalue weighted by Crippen LogP contribution is -2.45. The molecule has 0 rings (SSSR count). The standard InChI is InChI=1S/C5H8F3NO4S/c1-3(4(10)13-2)9-14(11,12)5(6,7)8/h3,9H,1-2H3/t3-/m0/s1. The molecule has 0 aliphatic carbocycles. The molecule has 14 heavy (non-hydrogen) atoms. The molecule has 0 radical (unpaired) electrons. The van der Waals surface area contributed by atoms with Gasteiger partial charge in [0.05, 0.1) is 7.11 Å². The lowest BCUT2D eigenvalue weighted by atomic mass is 10.4. The number of rotatable bonds is 3. The van der Waals surface area contributed by atoms with Crippen LogP contribution in [0.3, 0.4) is 0 Å². The highest BCUT2D eigenvalue weighted by Gasteiger charge is 2.47. The Bertz CT molecular complexity index is 309. The van der Waals surface area contributed by atoms with E-state index in [-0.39, 0.29) is 0 Å². The number of hydrogen-bond donors (Lipinski definition) is 1. The van der Waals surface area contributed by atoms with Gasteiger partial charge in [-0.05, 0) is 6.92 Å². The van der Waals surface area contributed by atoms with Crippen molar-refractivity contribution in [2.75, 3.05) is 7.11 Å². The number of nitrogens with one attached hydrogen (secondary N) is 1. The molecule has 1 N–H and O–H groups in total. The molecule has 0 heterocycles. The maximum atomic E-state index is 11.8. The van der Waals surface area contributed by atoms with Crippen molar-refractivity contribution in [1.29, 1.82) is 0 Å². The van der Waals surface area contributed by atoms with Crippen molar-refractivity contribution >= 4 is 16.0 Å². The third kappa shape index (κ3) is 3.14. The van der Waals surface area contributed by atoms with E-state index in [1.165, 1.54) is 0 Å². The molecule has 0 aliphatic rings. The Morgan fingerprint density at radius 1 is 1.43 bits per heavy atom. The number of hydrogen-bond acceptors (Lipinski definition) is 4. The predicted octanol–water partition coefficient (Wildman–Crippen LogP) is -0.0129. The van der Waals surface area contributed by atoms with Gasteiger partial charge in [0.2, 0.25) is 0 Å². The third-order valence-electron chi connectivity index (χ3n) is 1.19. The first-order valence-electron chi connectivity index (χ1n) is 3.28. The zero-order valence-electron chi connectivity index (χ0n) is 7.25. The SMILES string of the molecule is COC(=O)[C@H](C)NS(=O)(=O)C(F)(F)F. The number of carbonyl (C=O) groups excluding carboxylic acids is 1. The predicted molar refractivity (Wildman–Crippen MR) is 39.6 cm³/mol. The first-order valence-corrected chi connectivity index (χ1v) is 4.76. The molecule has 0 bridgehead atoms. The smallest absolute Gasteiger partial charge is 0.468 e. The van der Waals surface area contributed by atoms with Crippen LogP contribution < -0.4 is 4.72 Å². The molecule has 0 unspecified atom stereocenters. The second-order valence-corrected chi connectivity index (χ2v) is 4.02. The summed E-state index contributed by atoms with van der Waals surface area (Å²) in [6.07, 6.45) is 0. The van der Waals surface area contributed by atoms with Crippen LogP contribution in [0.5, 0.6) is 0 Å². The van der Waals surface area contributed by atoms with Crippen LogP contribution in [-0.2, 0) is 19.6 Å². The van der Waals surface area contributed by atoms with Crippen LogP contribution in [0.2, 0.25) is 0 Å². The highest BCUT2D eigenvalue weighted by Crippen LogP contribution is 2.21. The fraction of sp³-hybridized carbons (Fsp3) is 0.800. The second-order valence-electron chi connectivity index (χ2n) is 2.31. The van der Waals surface area contributed by atoms with E-state index in [0.29, 0.717) is 0 Å². The Kier molecular flexibility index (Phi) is 3.89. The Morgan fingerprint density at radius 3 is 2.14 bits per heavy atom. The summed E-state index contributed by atoms with van der Waals surface area (Å²) in [4.78, 5) is 10.6. The van der Waals surface area contributed by atoms with Crippen LogP contribution in [0, 0.1) is 0 Å². The fourth-order valence-electron chi connectivity index (χ4n) is 0.524. The van der Waals surface area contributed by atoms with E-state index in [4.69, 9.17) is 0 Å². The molecule has 0 aromatic carbocycles. The summed E-state index contributed by atoms with van der Waals surface area (Å²) in [5.74, 6) is -1.10. The fourth-order valence-corrected chi connectivity index (χ4v) is 1.22. The summed E-state index contributed by atoms with van der Waals surface area (Å²) >= 11 is 0. The summed E-state index contributed by atoms with van der Waals surface area (Å²) in [5.41, 5.74) is -5.44. The Labute approximate surface area is 78.3 Å². The van der Waals surface area contributed by atoms with Gasteiger partial charge in [-0.15, -0.1) is 0 Å². The quantitative estimate of drug-likeness (QED) is 0.698. The monoisotopic (exact) mass is 235 g/mol. The molecule has 0 fully saturated rings. The average Bonchev–Trinajstić information content (AvgIpc) is 2.00. The summed E-state index contributed by atoms with van der Waals surface area (Å²) in [7, 11) is -4.57. The maximum absolute atomic E-state index is 11.8. The number of esters is 1. The van der Waals surface area contributed by atoms with Crippen LogP contribution in [0.4, 0.5) is 13.2 Å². The molecule has 84 valence electrons. The van der Waals surface area contributed by atoms with Gasteiger partial charge in [0.1, 0.15) is 6.04 Å². The van der Waals surface area contributed by atoms with Crippen molar-refractivity contribution in [2.24, 2.45) is 0 Å². The highest BCUT2D eigenvalue weighted by atomic mass is 32.2. The molecule has 0 aliphatic heterocycles. The van der Waals surface area contributed by atoms with Gasteiger partial charge in [-0.1, -0.05) is 0 Å². The van der Waals surface area contributed by atoms with E-state index in [0.717, 1.165) is 18.8 Å². The normalized spacial score (nSPS) is 14.9. The Hall–Kier alpha value is -0.830. The van der Waals surface area contributed by atoms with E-state index >= 15 is 0 Å². The van der Waals surface area contributed by atoms with Crippen molar-refractivity contribution in [3.8, 4) is 0 Å². The van der Waals surface area contributed by atoms with Crippen LogP contribution in [-0.4, -0.2) is 33.0 Å². The van der Waals surface area contributed by atoms with Crippen molar-refractivity contribution in [1.82, 2.24) is 4.72 Å². The maximum Gasteiger partial charge on any atom is 0.511 e. The van der Waals surface area contributed by atoms with Crippen molar-refractivity contribution in [3.05, 3.63) is 0 Å².